The third-order valence-corrected chi connectivity index (χ3v) is 6.45. The van der Waals surface area contributed by atoms with E-state index >= 15 is 0 Å². The van der Waals surface area contributed by atoms with E-state index in [9.17, 15) is 32.3 Å². The van der Waals surface area contributed by atoms with Crippen LogP contribution in [-0.2, 0) is 34.1 Å². The number of aromatic nitrogens is 4. The van der Waals surface area contributed by atoms with Crippen molar-refractivity contribution in [1.82, 2.24) is 24.0 Å². The number of hydrogen-bond acceptors (Lipinski definition) is 8. The summed E-state index contributed by atoms with van der Waals surface area (Å²) in [6.45, 7) is 6.40. The minimum Gasteiger partial charge on any atom is -0.437 e. The lowest BCUT2D eigenvalue weighted by Crippen LogP contribution is -2.44. The van der Waals surface area contributed by atoms with Gasteiger partial charge in [-0.05, 0) is 18.9 Å². The highest BCUT2D eigenvalue weighted by Crippen LogP contribution is 2.32. The van der Waals surface area contributed by atoms with Gasteiger partial charge in [0.15, 0.2) is 23.7 Å². The van der Waals surface area contributed by atoms with Gasteiger partial charge in [0, 0.05) is 30.7 Å². The van der Waals surface area contributed by atoms with Gasteiger partial charge in [-0.15, -0.1) is 5.92 Å². The zero-order chi connectivity index (χ0) is 28.0. The average Bonchev–Trinajstić information content (AvgIpc) is 3.53. The van der Waals surface area contributed by atoms with Crippen LogP contribution in [0.4, 0.5) is 19.1 Å². The summed E-state index contributed by atoms with van der Waals surface area (Å²) in [6, 6.07) is 0. The van der Waals surface area contributed by atoms with Crippen LogP contribution in [0.1, 0.15) is 34.1 Å². The van der Waals surface area contributed by atoms with Gasteiger partial charge in [0.2, 0.25) is 5.95 Å². The molecule has 2 aliphatic rings. The van der Waals surface area contributed by atoms with Crippen molar-refractivity contribution in [3.8, 4) is 11.8 Å². The van der Waals surface area contributed by atoms with Crippen LogP contribution in [0, 0.1) is 17.3 Å². The second-order valence-corrected chi connectivity index (χ2v) is 9.99. The fourth-order valence-corrected chi connectivity index (χ4v) is 4.31. The van der Waals surface area contributed by atoms with Crippen molar-refractivity contribution in [1.29, 1.82) is 0 Å². The maximum absolute atomic E-state index is 13.7. The molecule has 2 aliphatic heterocycles. The first-order valence-electron chi connectivity index (χ1n) is 11.9. The summed E-state index contributed by atoms with van der Waals surface area (Å²) in [7, 11) is 0. The number of nitrogens with zero attached hydrogens (tertiary/aromatic N) is 5. The Bertz CT molecular complexity index is 1530. The van der Waals surface area contributed by atoms with E-state index in [4.69, 9.17) is 0 Å². The number of ketones is 1. The SMILES string of the molecule is CC#CCn1c(N2CCC3=C2CNC3)nc2c1c(=O)n(CC(=O)C(C)(C)C)c(=O)n2COC(=O)C(F)(F)F. The monoisotopic (exact) mass is 536 g/mol. The Balaban J connectivity index is 1.97. The third kappa shape index (κ3) is 4.85. The van der Waals surface area contributed by atoms with Crippen molar-refractivity contribution in [3.05, 3.63) is 32.1 Å². The Morgan fingerprint density at radius 1 is 1.11 bits per heavy atom. The summed E-state index contributed by atoms with van der Waals surface area (Å²) in [6.07, 6.45) is -4.56. The molecule has 0 aliphatic carbocycles. The smallest absolute Gasteiger partial charge is 0.437 e. The Morgan fingerprint density at radius 3 is 2.45 bits per heavy atom. The number of esters is 1. The van der Waals surface area contributed by atoms with E-state index in [1.54, 1.807) is 27.7 Å². The normalized spacial score (nSPS) is 15.6. The highest BCUT2D eigenvalue weighted by atomic mass is 19.4. The molecule has 204 valence electrons. The Kier molecular flexibility index (Phi) is 7.00. The molecule has 2 aromatic heterocycles. The molecule has 4 rings (SSSR count). The first-order valence-corrected chi connectivity index (χ1v) is 11.9. The fraction of sp³-hybridized carbons (Fsp3) is 0.542. The van der Waals surface area contributed by atoms with Crippen LogP contribution in [0.3, 0.4) is 0 Å². The topological polar surface area (TPSA) is 120 Å². The molecule has 0 saturated heterocycles. The van der Waals surface area contributed by atoms with Crippen LogP contribution < -0.4 is 21.5 Å². The second kappa shape index (κ2) is 9.79. The number of rotatable bonds is 6. The lowest BCUT2D eigenvalue weighted by Gasteiger charge is -2.21. The molecule has 38 heavy (non-hydrogen) atoms. The van der Waals surface area contributed by atoms with Crippen LogP contribution in [0.5, 0.6) is 0 Å². The summed E-state index contributed by atoms with van der Waals surface area (Å²) in [4.78, 5) is 57.6. The zero-order valence-electron chi connectivity index (χ0n) is 21.4. The lowest BCUT2D eigenvalue weighted by molar-refractivity contribution is -0.203. The average molecular weight is 537 g/mol. The second-order valence-electron chi connectivity index (χ2n) is 9.99. The molecule has 0 amide bonds. The van der Waals surface area contributed by atoms with Crippen molar-refractivity contribution in [3.63, 3.8) is 0 Å². The summed E-state index contributed by atoms with van der Waals surface area (Å²) in [5.41, 5.74) is -1.20. The van der Waals surface area contributed by atoms with Crippen molar-refractivity contribution < 1.29 is 27.5 Å². The number of ether oxygens (including phenoxy) is 1. The summed E-state index contributed by atoms with van der Waals surface area (Å²) >= 11 is 0. The van der Waals surface area contributed by atoms with Crippen LogP contribution >= 0.6 is 0 Å². The number of fused-ring (bicyclic) bond motifs is 1. The summed E-state index contributed by atoms with van der Waals surface area (Å²) < 4.78 is 45.6. The lowest BCUT2D eigenvalue weighted by atomic mass is 9.91. The van der Waals surface area contributed by atoms with E-state index in [1.807, 2.05) is 4.90 Å². The fourth-order valence-electron chi connectivity index (χ4n) is 4.31. The maximum Gasteiger partial charge on any atom is 0.490 e. The van der Waals surface area contributed by atoms with Crippen molar-refractivity contribution in [2.75, 3.05) is 24.5 Å². The molecule has 11 nitrogen and oxygen atoms in total. The van der Waals surface area contributed by atoms with Crippen LogP contribution in [0.15, 0.2) is 20.9 Å². The van der Waals surface area contributed by atoms with Crippen molar-refractivity contribution in [2.45, 2.75) is 60.1 Å². The van der Waals surface area contributed by atoms with E-state index in [0.29, 0.717) is 28.8 Å². The van der Waals surface area contributed by atoms with Gasteiger partial charge in [0.25, 0.3) is 5.56 Å². The van der Waals surface area contributed by atoms with E-state index < -0.39 is 47.9 Å². The molecular formula is C24H27F3N6O5. The van der Waals surface area contributed by atoms with Crippen LogP contribution in [0.2, 0.25) is 0 Å². The molecule has 2 aromatic rings. The number of imidazole rings is 1. The molecule has 0 aromatic carbocycles. The zero-order valence-corrected chi connectivity index (χ0v) is 21.4. The van der Waals surface area contributed by atoms with Crippen molar-refractivity contribution >= 4 is 28.9 Å². The Hall–Kier alpha value is -3.86. The highest BCUT2D eigenvalue weighted by molar-refractivity contribution is 5.84. The molecule has 0 fully saturated rings. The Morgan fingerprint density at radius 2 is 1.82 bits per heavy atom. The molecule has 0 bridgehead atoms. The standard InChI is InChI=1S/C24H27F3N6O5/c1-5-6-8-31-17-18(29-21(31)30-9-7-14-10-28-11-15(14)30)33(13-38-20(36)24(25,26)27)22(37)32(19(17)35)12-16(34)23(2,3)4/h28H,7-13H2,1-4H3. The van der Waals surface area contributed by atoms with Gasteiger partial charge >= 0.3 is 17.8 Å². The predicted molar refractivity (Wildman–Crippen MR) is 130 cm³/mol. The molecule has 0 radical (unpaired) electrons. The quantitative estimate of drug-likeness (QED) is 0.431. The number of halogens is 3. The predicted octanol–water partition coefficient (Wildman–Crippen LogP) is 1.13. The Labute approximate surface area is 214 Å². The van der Waals surface area contributed by atoms with E-state index in [2.05, 4.69) is 26.9 Å². The number of alkyl halides is 3. The number of Topliss-reactive ketones (excluding diaryl/α,β-unsaturated/α-hetero) is 1. The maximum atomic E-state index is 13.7. The van der Waals surface area contributed by atoms with Crippen molar-refractivity contribution in [2.24, 2.45) is 5.41 Å². The summed E-state index contributed by atoms with van der Waals surface area (Å²) in [5, 5.41) is 3.24. The van der Waals surface area contributed by atoms with Gasteiger partial charge in [0.05, 0.1) is 13.1 Å². The number of carbonyl (C=O) groups is 2. The summed E-state index contributed by atoms with van der Waals surface area (Å²) in [5.74, 6) is 2.90. The number of carbonyl (C=O) groups excluding carboxylic acids is 2. The highest BCUT2D eigenvalue weighted by Gasteiger charge is 2.41. The van der Waals surface area contributed by atoms with Gasteiger partial charge in [0.1, 0.15) is 0 Å². The number of hydrogen-bond donors (Lipinski definition) is 1. The number of anilines is 1. The minimum atomic E-state index is -5.30. The molecule has 0 unspecified atom stereocenters. The molecule has 0 saturated carbocycles. The van der Waals surface area contributed by atoms with Gasteiger partial charge in [-0.1, -0.05) is 26.7 Å². The molecule has 14 heteroatoms. The third-order valence-electron chi connectivity index (χ3n) is 6.45. The van der Waals surface area contributed by atoms with E-state index in [0.717, 1.165) is 17.7 Å². The molecule has 4 heterocycles. The first kappa shape index (κ1) is 27.2. The number of nitrogens with one attached hydrogen (secondary N) is 1. The molecule has 0 spiro atoms. The van der Waals surface area contributed by atoms with Gasteiger partial charge < -0.3 is 15.0 Å². The molecular weight excluding hydrogens is 509 g/mol. The minimum absolute atomic E-state index is 0.0160. The van der Waals surface area contributed by atoms with E-state index in [-0.39, 0.29) is 23.7 Å². The van der Waals surface area contributed by atoms with Crippen LogP contribution in [-0.4, -0.2) is 56.2 Å². The van der Waals surface area contributed by atoms with E-state index in [1.165, 1.54) is 4.57 Å². The van der Waals surface area contributed by atoms with Gasteiger partial charge in [-0.25, -0.2) is 14.2 Å². The van der Waals surface area contributed by atoms with Crippen LogP contribution in [0.25, 0.3) is 11.2 Å². The molecule has 1 N–H and O–H groups in total. The largest absolute Gasteiger partial charge is 0.490 e. The van der Waals surface area contributed by atoms with Gasteiger partial charge in [-0.2, -0.15) is 18.2 Å². The molecule has 0 atom stereocenters. The van der Waals surface area contributed by atoms with Gasteiger partial charge in [-0.3, -0.25) is 18.7 Å². The first-order chi connectivity index (χ1) is 17.8.